The van der Waals surface area contributed by atoms with Gasteiger partial charge in [0.1, 0.15) is 6.04 Å². The molecule has 19 heavy (non-hydrogen) atoms. The Morgan fingerprint density at radius 1 is 1.47 bits per heavy atom. The molecule has 7 heteroatoms. The lowest BCUT2D eigenvalue weighted by molar-refractivity contribution is -0.139. The molecule has 0 saturated heterocycles. The number of hydrogen-bond acceptors (Lipinski definition) is 5. The molecule has 98 valence electrons. The van der Waals surface area contributed by atoms with Crippen LogP contribution >= 0.6 is 0 Å². The molecule has 0 aliphatic carbocycles. The highest BCUT2D eigenvalue weighted by atomic mass is 16.4. The van der Waals surface area contributed by atoms with E-state index >= 15 is 0 Å². The lowest BCUT2D eigenvalue weighted by Gasteiger charge is -2.25. The van der Waals surface area contributed by atoms with Crippen LogP contribution in [0.5, 0.6) is 0 Å². The van der Waals surface area contributed by atoms with Crippen molar-refractivity contribution in [3.05, 3.63) is 40.7 Å². The predicted octanol–water partition coefficient (Wildman–Crippen LogP) is -0.111. The van der Waals surface area contributed by atoms with Gasteiger partial charge in [-0.3, -0.25) is 4.79 Å². The molecule has 1 atom stereocenters. The number of benzene rings is 1. The number of rotatable bonds is 3. The van der Waals surface area contributed by atoms with Crippen LogP contribution in [0, 0.1) is 0 Å². The van der Waals surface area contributed by atoms with E-state index in [1.807, 2.05) is 18.2 Å². The maximum atomic E-state index is 11.1. The van der Waals surface area contributed by atoms with Crippen molar-refractivity contribution in [3.8, 4) is 0 Å². The van der Waals surface area contributed by atoms with E-state index in [-0.39, 0.29) is 0 Å². The molecule has 0 amide bonds. The van der Waals surface area contributed by atoms with Crippen LogP contribution in [0.1, 0.15) is 22.5 Å². The van der Waals surface area contributed by atoms with Crippen LogP contribution in [0.25, 0.3) is 0 Å². The van der Waals surface area contributed by atoms with E-state index in [4.69, 9.17) is 5.11 Å². The number of aliphatic carboxylic acids is 1. The molecular formula is C12H13N5O2. The maximum absolute atomic E-state index is 11.1. The molecule has 1 aliphatic rings. The van der Waals surface area contributed by atoms with Crippen LogP contribution in [0.15, 0.2) is 18.2 Å². The molecular weight excluding hydrogens is 246 g/mol. The summed E-state index contributed by atoms with van der Waals surface area (Å²) in [5.74, 6) is -0.209. The van der Waals surface area contributed by atoms with E-state index in [1.165, 1.54) is 0 Å². The second kappa shape index (κ2) is 4.77. The van der Waals surface area contributed by atoms with E-state index < -0.39 is 12.0 Å². The van der Waals surface area contributed by atoms with Crippen LogP contribution in [-0.2, 0) is 24.2 Å². The van der Waals surface area contributed by atoms with Crippen LogP contribution in [0.4, 0.5) is 0 Å². The van der Waals surface area contributed by atoms with Crippen molar-refractivity contribution in [3.63, 3.8) is 0 Å². The number of carboxylic acid groups (broad SMARTS) is 1. The fourth-order valence-corrected chi connectivity index (χ4v) is 2.39. The SMILES string of the molecule is O=C(O)C1Cc2c(cccc2Cc2nn[nH]n2)CN1. The fraction of sp³-hybridized carbons (Fsp3) is 0.333. The van der Waals surface area contributed by atoms with E-state index in [2.05, 4.69) is 25.9 Å². The second-order valence-corrected chi connectivity index (χ2v) is 4.54. The minimum absolute atomic E-state index is 0.485. The summed E-state index contributed by atoms with van der Waals surface area (Å²) < 4.78 is 0. The molecule has 0 radical (unpaired) electrons. The molecule has 1 unspecified atom stereocenters. The Labute approximate surface area is 109 Å². The summed E-state index contributed by atoms with van der Waals surface area (Å²) in [6.45, 7) is 0.576. The number of tetrazole rings is 1. The van der Waals surface area contributed by atoms with Gasteiger partial charge in [0.15, 0.2) is 5.82 Å². The predicted molar refractivity (Wildman–Crippen MR) is 65.4 cm³/mol. The van der Waals surface area contributed by atoms with Gasteiger partial charge in [-0.15, -0.1) is 10.2 Å². The number of aromatic amines is 1. The average molecular weight is 259 g/mol. The Hall–Kier alpha value is -2.28. The van der Waals surface area contributed by atoms with Gasteiger partial charge in [-0.25, -0.2) is 0 Å². The summed E-state index contributed by atoms with van der Waals surface area (Å²) in [4.78, 5) is 11.1. The first-order valence-corrected chi connectivity index (χ1v) is 6.02. The molecule has 0 saturated carbocycles. The smallest absolute Gasteiger partial charge is 0.321 e. The number of hydrogen-bond donors (Lipinski definition) is 3. The third-order valence-electron chi connectivity index (χ3n) is 3.35. The van der Waals surface area contributed by atoms with Crippen LogP contribution in [0.3, 0.4) is 0 Å². The number of nitrogens with one attached hydrogen (secondary N) is 2. The van der Waals surface area contributed by atoms with Gasteiger partial charge in [0.05, 0.1) is 0 Å². The van der Waals surface area contributed by atoms with E-state index in [0.717, 1.165) is 16.7 Å². The monoisotopic (exact) mass is 259 g/mol. The summed E-state index contributed by atoms with van der Waals surface area (Å²) in [5.41, 5.74) is 3.28. The fourth-order valence-electron chi connectivity index (χ4n) is 2.39. The Morgan fingerprint density at radius 3 is 3.11 bits per heavy atom. The summed E-state index contributed by atoms with van der Waals surface area (Å²) in [7, 11) is 0. The minimum atomic E-state index is -0.819. The maximum Gasteiger partial charge on any atom is 0.321 e. The van der Waals surface area contributed by atoms with Gasteiger partial charge in [0.25, 0.3) is 0 Å². The first kappa shape index (κ1) is 11.8. The van der Waals surface area contributed by atoms with Crippen molar-refractivity contribution in [2.24, 2.45) is 0 Å². The van der Waals surface area contributed by atoms with Gasteiger partial charge in [-0.2, -0.15) is 5.21 Å². The zero-order valence-electron chi connectivity index (χ0n) is 10.1. The number of carboxylic acids is 1. The minimum Gasteiger partial charge on any atom is -0.480 e. The Bertz CT molecular complexity index is 596. The van der Waals surface area contributed by atoms with Crippen molar-refractivity contribution in [1.82, 2.24) is 25.9 Å². The molecule has 2 aromatic rings. The molecule has 2 heterocycles. The molecule has 3 N–H and O–H groups in total. The lowest BCUT2D eigenvalue weighted by atomic mass is 9.90. The third-order valence-corrected chi connectivity index (χ3v) is 3.35. The molecule has 0 fully saturated rings. The van der Waals surface area contributed by atoms with Gasteiger partial charge in [-0.05, 0) is 23.1 Å². The van der Waals surface area contributed by atoms with Gasteiger partial charge in [0.2, 0.25) is 0 Å². The molecule has 0 spiro atoms. The van der Waals surface area contributed by atoms with Crippen molar-refractivity contribution < 1.29 is 9.90 Å². The average Bonchev–Trinajstić information content (AvgIpc) is 2.91. The number of carbonyl (C=O) groups is 1. The molecule has 0 bridgehead atoms. The second-order valence-electron chi connectivity index (χ2n) is 4.54. The molecule has 1 aromatic carbocycles. The standard InChI is InChI=1S/C12H13N5O2/c18-12(19)10-5-9-7(4-11-14-16-17-15-11)2-1-3-8(9)6-13-10/h1-3,10,13H,4-6H2,(H,18,19)(H,14,15,16,17). The molecule has 3 rings (SSSR count). The van der Waals surface area contributed by atoms with Gasteiger partial charge >= 0.3 is 5.97 Å². The van der Waals surface area contributed by atoms with E-state index in [0.29, 0.717) is 25.2 Å². The third kappa shape index (κ3) is 2.32. The summed E-state index contributed by atoms with van der Waals surface area (Å²) in [6.07, 6.45) is 1.05. The topological polar surface area (TPSA) is 104 Å². The van der Waals surface area contributed by atoms with E-state index in [1.54, 1.807) is 0 Å². The Kier molecular flexibility index (Phi) is 2.96. The molecule has 7 nitrogen and oxygen atoms in total. The summed E-state index contributed by atoms with van der Waals surface area (Å²) in [5, 5.41) is 25.9. The normalized spacial score (nSPS) is 18.0. The Morgan fingerprint density at radius 2 is 2.37 bits per heavy atom. The van der Waals surface area contributed by atoms with Crippen LogP contribution in [0.2, 0.25) is 0 Å². The van der Waals surface area contributed by atoms with Gasteiger partial charge < -0.3 is 10.4 Å². The lowest BCUT2D eigenvalue weighted by Crippen LogP contribution is -2.42. The van der Waals surface area contributed by atoms with Crippen molar-refractivity contribution in [2.45, 2.75) is 25.4 Å². The molecule has 1 aromatic heterocycles. The van der Waals surface area contributed by atoms with E-state index in [9.17, 15) is 4.79 Å². The Balaban J connectivity index is 1.92. The highest BCUT2D eigenvalue weighted by molar-refractivity contribution is 5.74. The number of H-pyrrole nitrogens is 1. The largest absolute Gasteiger partial charge is 0.480 e. The summed E-state index contributed by atoms with van der Waals surface area (Å²) >= 11 is 0. The number of nitrogens with zero attached hydrogens (tertiary/aromatic N) is 3. The van der Waals surface area contributed by atoms with Crippen molar-refractivity contribution in [2.75, 3.05) is 0 Å². The highest BCUT2D eigenvalue weighted by Gasteiger charge is 2.25. The number of aromatic nitrogens is 4. The van der Waals surface area contributed by atoms with Crippen LogP contribution in [-0.4, -0.2) is 37.7 Å². The first-order valence-electron chi connectivity index (χ1n) is 6.02. The van der Waals surface area contributed by atoms with Crippen molar-refractivity contribution >= 4 is 5.97 Å². The van der Waals surface area contributed by atoms with Crippen molar-refractivity contribution in [1.29, 1.82) is 0 Å². The zero-order chi connectivity index (χ0) is 13.2. The number of fused-ring (bicyclic) bond motifs is 1. The molecule has 1 aliphatic heterocycles. The van der Waals surface area contributed by atoms with Crippen LogP contribution < -0.4 is 5.32 Å². The summed E-state index contributed by atoms with van der Waals surface area (Å²) in [6, 6.07) is 5.44. The van der Waals surface area contributed by atoms with Gasteiger partial charge in [-0.1, -0.05) is 23.4 Å². The zero-order valence-corrected chi connectivity index (χ0v) is 10.1. The highest BCUT2D eigenvalue weighted by Crippen LogP contribution is 2.22. The quantitative estimate of drug-likeness (QED) is 0.710. The van der Waals surface area contributed by atoms with Gasteiger partial charge in [0, 0.05) is 13.0 Å². The first-order chi connectivity index (χ1) is 9.24.